The van der Waals surface area contributed by atoms with E-state index in [1.165, 1.54) is 17.0 Å². The van der Waals surface area contributed by atoms with Crippen molar-refractivity contribution in [1.29, 1.82) is 0 Å². The zero-order valence-electron chi connectivity index (χ0n) is 21.9. The van der Waals surface area contributed by atoms with E-state index in [2.05, 4.69) is 5.32 Å². The number of sulfonamides is 1. The Bertz CT molecular complexity index is 1350. The van der Waals surface area contributed by atoms with E-state index in [0.29, 0.717) is 6.54 Å². The first-order valence-electron chi connectivity index (χ1n) is 12.6. The number of aryl methyl sites for hydroxylation is 1. The van der Waals surface area contributed by atoms with Gasteiger partial charge in [-0.15, -0.1) is 0 Å². The number of nitrogens with one attached hydrogen (secondary N) is 1. The fraction of sp³-hybridized carbons (Fsp3) is 0.310. The average molecular weight is 556 g/mol. The Balaban J connectivity index is 2.00. The average Bonchev–Trinajstić information content (AvgIpc) is 2.91. The van der Waals surface area contributed by atoms with Crippen LogP contribution in [0.2, 0.25) is 5.02 Å². The van der Waals surface area contributed by atoms with Gasteiger partial charge in [0.15, 0.2) is 0 Å². The molecule has 202 valence electrons. The number of nitrogens with zero attached hydrogens (tertiary/aromatic N) is 2. The van der Waals surface area contributed by atoms with Crippen LogP contribution in [-0.4, -0.2) is 44.3 Å². The van der Waals surface area contributed by atoms with Gasteiger partial charge in [-0.25, -0.2) is 8.42 Å². The lowest BCUT2D eigenvalue weighted by Gasteiger charge is -2.32. The number of halogens is 1. The van der Waals surface area contributed by atoms with Gasteiger partial charge in [-0.1, -0.05) is 85.1 Å². The summed E-state index contributed by atoms with van der Waals surface area (Å²) in [5.74, 6) is -0.821. The number of rotatable bonds is 12. The van der Waals surface area contributed by atoms with Crippen molar-refractivity contribution >= 4 is 39.1 Å². The van der Waals surface area contributed by atoms with Gasteiger partial charge in [-0.3, -0.25) is 13.9 Å². The summed E-state index contributed by atoms with van der Waals surface area (Å²) in [7, 11) is -4.15. The normalized spacial score (nSPS) is 12.0. The Morgan fingerprint density at radius 1 is 0.974 bits per heavy atom. The van der Waals surface area contributed by atoms with Crippen LogP contribution in [-0.2, 0) is 26.2 Å². The number of benzene rings is 3. The first-order valence-corrected chi connectivity index (χ1v) is 14.4. The van der Waals surface area contributed by atoms with Gasteiger partial charge in [0, 0.05) is 13.1 Å². The summed E-state index contributed by atoms with van der Waals surface area (Å²) in [4.78, 5) is 28.3. The van der Waals surface area contributed by atoms with Gasteiger partial charge in [0.2, 0.25) is 11.8 Å². The van der Waals surface area contributed by atoms with Gasteiger partial charge in [-0.2, -0.15) is 0 Å². The van der Waals surface area contributed by atoms with E-state index in [1.54, 1.807) is 49.4 Å². The molecule has 0 aliphatic heterocycles. The Morgan fingerprint density at radius 2 is 1.66 bits per heavy atom. The SMILES string of the molecule is CCCCNC(=O)[C@@H](C)N(Cc1cccc(C)c1)C(=O)CN(c1ccccc1Cl)S(=O)(=O)c1ccccc1. The molecule has 0 radical (unpaired) electrons. The van der Waals surface area contributed by atoms with E-state index in [4.69, 9.17) is 11.6 Å². The Kier molecular flexibility index (Phi) is 10.3. The fourth-order valence-corrected chi connectivity index (χ4v) is 5.75. The van der Waals surface area contributed by atoms with Crippen molar-refractivity contribution in [2.45, 2.75) is 51.1 Å². The van der Waals surface area contributed by atoms with Crippen LogP contribution in [0.3, 0.4) is 0 Å². The predicted molar refractivity (Wildman–Crippen MR) is 152 cm³/mol. The quantitative estimate of drug-likeness (QED) is 0.312. The summed E-state index contributed by atoms with van der Waals surface area (Å²) in [5.41, 5.74) is 2.03. The van der Waals surface area contributed by atoms with Crippen molar-refractivity contribution in [3.8, 4) is 0 Å². The highest BCUT2D eigenvalue weighted by atomic mass is 35.5. The first-order chi connectivity index (χ1) is 18.1. The summed E-state index contributed by atoms with van der Waals surface area (Å²) in [5, 5.41) is 3.07. The lowest BCUT2D eigenvalue weighted by molar-refractivity contribution is -0.139. The van der Waals surface area contributed by atoms with Crippen LogP contribution in [0, 0.1) is 6.92 Å². The van der Waals surface area contributed by atoms with E-state index in [9.17, 15) is 18.0 Å². The minimum atomic E-state index is -4.15. The molecule has 2 amide bonds. The second kappa shape index (κ2) is 13.4. The highest BCUT2D eigenvalue weighted by Gasteiger charge is 2.33. The molecule has 0 bridgehead atoms. The molecule has 0 fully saturated rings. The number of carbonyl (C=O) groups is 2. The van der Waals surface area contributed by atoms with Crippen LogP contribution in [0.4, 0.5) is 5.69 Å². The van der Waals surface area contributed by atoms with Crippen LogP contribution >= 0.6 is 11.6 Å². The third-order valence-corrected chi connectivity index (χ3v) is 8.26. The maximum absolute atomic E-state index is 13.9. The minimum Gasteiger partial charge on any atom is -0.354 e. The van der Waals surface area contributed by atoms with Gasteiger partial charge in [0.1, 0.15) is 12.6 Å². The van der Waals surface area contributed by atoms with E-state index < -0.39 is 28.5 Å². The summed E-state index contributed by atoms with van der Waals surface area (Å²) in [6, 6.07) is 21.2. The topological polar surface area (TPSA) is 86.8 Å². The second-order valence-corrected chi connectivity index (χ2v) is 11.4. The summed E-state index contributed by atoms with van der Waals surface area (Å²) in [6.07, 6.45) is 1.74. The van der Waals surface area contributed by atoms with Crippen LogP contribution in [0.1, 0.15) is 37.8 Å². The molecule has 0 spiro atoms. The Morgan fingerprint density at radius 3 is 2.32 bits per heavy atom. The lowest BCUT2D eigenvalue weighted by atomic mass is 10.1. The highest BCUT2D eigenvalue weighted by molar-refractivity contribution is 7.92. The molecule has 0 saturated carbocycles. The number of carbonyl (C=O) groups excluding carboxylic acids is 2. The first kappa shape index (κ1) is 29.2. The number of para-hydroxylation sites is 1. The predicted octanol–water partition coefficient (Wildman–Crippen LogP) is 5.18. The monoisotopic (exact) mass is 555 g/mol. The summed E-state index contributed by atoms with van der Waals surface area (Å²) in [6.45, 7) is 5.74. The van der Waals surface area contributed by atoms with Crippen LogP contribution in [0.25, 0.3) is 0 Å². The van der Waals surface area contributed by atoms with Gasteiger partial charge < -0.3 is 10.2 Å². The Hall–Kier alpha value is -3.36. The van der Waals surface area contributed by atoms with Gasteiger partial charge in [0.25, 0.3) is 10.0 Å². The zero-order chi connectivity index (χ0) is 27.7. The molecule has 1 atom stereocenters. The van der Waals surface area contributed by atoms with Crippen molar-refractivity contribution in [2.24, 2.45) is 0 Å². The number of anilines is 1. The standard InChI is InChI=1S/C29H34ClN3O4S/c1-4-5-18-31-29(35)23(3)32(20-24-13-11-12-22(2)19-24)28(34)21-33(27-17-10-9-16-26(27)30)38(36,37)25-14-7-6-8-15-25/h6-17,19,23H,4-5,18,20-21H2,1-3H3,(H,31,35)/t23-/m1/s1. The Labute approximate surface area is 230 Å². The number of amides is 2. The molecular weight excluding hydrogens is 522 g/mol. The summed E-state index contributed by atoms with van der Waals surface area (Å²) < 4.78 is 28.5. The van der Waals surface area contributed by atoms with Crippen molar-refractivity contribution in [3.63, 3.8) is 0 Å². The second-order valence-electron chi connectivity index (χ2n) is 9.11. The molecule has 0 saturated heterocycles. The van der Waals surface area contributed by atoms with Crippen LogP contribution in [0.15, 0.2) is 83.8 Å². The maximum Gasteiger partial charge on any atom is 0.264 e. The van der Waals surface area contributed by atoms with Crippen molar-refractivity contribution in [1.82, 2.24) is 10.2 Å². The molecule has 3 aromatic rings. The minimum absolute atomic E-state index is 0.0308. The summed E-state index contributed by atoms with van der Waals surface area (Å²) >= 11 is 6.41. The maximum atomic E-state index is 13.9. The van der Waals surface area contributed by atoms with Crippen LogP contribution in [0.5, 0.6) is 0 Å². The van der Waals surface area contributed by atoms with Gasteiger partial charge >= 0.3 is 0 Å². The van der Waals surface area contributed by atoms with E-state index in [-0.39, 0.29) is 28.1 Å². The molecule has 7 nitrogen and oxygen atoms in total. The van der Waals surface area contributed by atoms with E-state index in [0.717, 1.165) is 28.3 Å². The van der Waals surface area contributed by atoms with Crippen molar-refractivity contribution in [3.05, 3.63) is 95.0 Å². The molecule has 0 aromatic heterocycles. The molecule has 3 aromatic carbocycles. The molecule has 3 rings (SSSR count). The molecule has 38 heavy (non-hydrogen) atoms. The number of hydrogen-bond acceptors (Lipinski definition) is 4. The smallest absolute Gasteiger partial charge is 0.264 e. The molecule has 0 aliphatic rings. The molecule has 9 heteroatoms. The van der Waals surface area contributed by atoms with Crippen molar-refractivity contribution in [2.75, 3.05) is 17.4 Å². The largest absolute Gasteiger partial charge is 0.354 e. The highest BCUT2D eigenvalue weighted by Crippen LogP contribution is 2.30. The third-order valence-electron chi connectivity index (χ3n) is 6.16. The van der Waals surface area contributed by atoms with Crippen molar-refractivity contribution < 1.29 is 18.0 Å². The molecule has 0 heterocycles. The van der Waals surface area contributed by atoms with E-state index >= 15 is 0 Å². The fourth-order valence-electron chi connectivity index (χ4n) is 4.01. The third kappa shape index (κ3) is 7.36. The molecule has 0 aliphatic carbocycles. The van der Waals surface area contributed by atoms with Gasteiger partial charge in [-0.05, 0) is 50.1 Å². The lowest BCUT2D eigenvalue weighted by Crippen LogP contribution is -2.51. The molecule has 1 N–H and O–H groups in total. The number of unbranched alkanes of at least 4 members (excludes halogenated alkanes) is 1. The zero-order valence-corrected chi connectivity index (χ0v) is 23.5. The van der Waals surface area contributed by atoms with Gasteiger partial charge in [0.05, 0.1) is 15.6 Å². The van der Waals surface area contributed by atoms with Crippen LogP contribution < -0.4 is 9.62 Å². The van der Waals surface area contributed by atoms with E-state index in [1.807, 2.05) is 38.1 Å². The molecular formula is C29H34ClN3O4S. The molecule has 0 unspecified atom stereocenters. The number of hydrogen-bond donors (Lipinski definition) is 1.